The van der Waals surface area contributed by atoms with Crippen molar-refractivity contribution in [2.24, 2.45) is 5.73 Å². The molecule has 2 heterocycles. The summed E-state index contributed by atoms with van der Waals surface area (Å²) in [5.74, 6) is 0.217. The van der Waals surface area contributed by atoms with Crippen molar-refractivity contribution in [2.45, 2.75) is 25.7 Å². The van der Waals surface area contributed by atoms with Crippen LogP contribution in [0.3, 0.4) is 0 Å². The average molecular weight is 356 g/mol. The summed E-state index contributed by atoms with van der Waals surface area (Å²) in [6.07, 6.45) is 1.64. The third kappa shape index (κ3) is 2.67. The number of methoxy groups -OCH3 is 2. The molecule has 0 saturated heterocycles. The van der Waals surface area contributed by atoms with E-state index >= 15 is 0 Å². The lowest BCUT2D eigenvalue weighted by molar-refractivity contribution is 0.338. The number of nitrogens with two attached hydrogens (primary N) is 1. The van der Waals surface area contributed by atoms with Crippen molar-refractivity contribution in [3.8, 4) is 29.2 Å². The third-order valence-corrected chi connectivity index (χ3v) is 4.35. The second-order valence-electron chi connectivity index (χ2n) is 5.87. The Morgan fingerprint density at radius 1 is 1.35 bits per heavy atom. The van der Waals surface area contributed by atoms with Gasteiger partial charge in [-0.05, 0) is 24.1 Å². The molecule has 1 aromatic heterocycles. The summed E-state index contributed by atoms with van der Waals surface area (Å²) in [4.78, 5) is 0. The average Bonchev–Trinajstić information content (AvgIpc) is 3.03. The number of hydrogen-bond donors (Lipinski definition) is 3. The number of aromatic amines is 1. The summed E-state index contributed by atoms with van der Waals surface area (Å²) in [7, 11) is 2.90. The molecule has 0 amide bonds. The van der Waals surface area contributed by atoms with E-state index in [2.05, 4.69) is 16.3 Å². The van der Waals surface area contributed by atoms with Crippen molar-refractivity contribution in [1.82, 2.24) is 10.2 Å². The summed E-state index contributed by atoms with van der Waals surface area (Å²) in [6, 6.07) is 5.45. The minimum atomic E-state index is -0.507. The summed E-state index contributed by atoms with van der Waals surface area (Å²) in [5, 5.41) is 27.0. The number of aromatic nitrogens is 2. The predicted octanol–water partition coefficient (Wildman–Crippen LogP) is 2.30. The molecule has 2 aromatic rings. The number of aromatic hydroxyl groups is 1. The largest absolute Gasteiger partial charge is 0.502 e. The fraction of sp³-hybridized carbons (Fsp3) is 0.333. The molecule has 1 aliphatic heterocycles. The predicted molar refractivity (Wildman–Crippen MR) is 93.1 cm³/mol. The molecule has 8 heteroatoms. The fourth-order valence-corrected chi connectivity index (χ4v) is 3.16. The maximum atomic E-state index is 10.2. The standard InChI is InChI=1S/C18H20N4O4/c1-4-5-11-15-14(10(8-19)17(20)26-18(15)22-21-11)9-6-12(24-2)16(23)13(7-9)25-3/h6-7,14,23H,4-5,20H2,1-3H3,(H,21,22)/t14-/m0/s1. The molecule has 8 nitrogen and oxygen atoms in total. The van der Waals surface area contributed by atoms with Gasteiger partial charge in [0.1, 0.15) is 11.6 Å². The number of allylic oxidation sites excluding steroid dienone is 1. The van der Waals surface area contributed by atoms with Gasteiger partial charge in [-0.2, -0.15) is 5.26 Å². The molecule has 26 heavy (non-hydrogen) atoms. The van der Waals surface area contributed by atoms with Crippen LogP contribution < -0.4 is 19.9 Å². The first-order valence-electron chi connectivity index (χ1n) is 8.15. The van der Waals surface area contributed by atoms with E-state index in [9.17, 15) is 10.4 Å². The van der Waals surface area contributed by atoms with Crippen molar-refractivity contribution in [1.29, 1.82) is 5.26 Å². The smallest absolute Gasteiger partial charge is 0.244 e. The summed E-state index contributed by atoms with van der Waals surface area (Å²) in [5.41, 5.74) is 8.54. The van der Waals surface area contributed by atoms with E-state index < -0.39 is 5.92 Å². The number of aryl methyl sites for hydroxylation is 1. The minimum Gasteiger partial charge on any atom is -0.502 e. The molecule has 0 spiro atoms. The van der Waals surface area contributed by atoms with Crippen LogP contribution in [0.5, 0.6) is 23.1 Å². The Balaban J connectivity index is 2.26. The maximum absolute atomic E-state index is 10.2. The van der Waals surface area contributed by atoms with Gasteiger partial charge in [0.2, 0.25) is 17.5 Å². The molecule has 136 valence electrons. The van der Waals surface area contributed by atoms with Crippen LogP contribution >= 0.6 is 0 Å². The van der Waals surface area contributed by atoms with Gasteiger partial charge >= 0.3 is 0 Å². The quantitative estimate of drug-likeness (QED) is 0.750. The topological polar surface area (TPSA) is 126 Å². The van der Waals surface area contributed by atoms with Gasteiger partial charge in [0.15, 0.2) is 11.5 Å². The Morgan fingerprint density at radius 2 is 2.00 bits per heavy atom. The first-order valence-corrected chi connectivity index (χ1v) is 8.15. The maximum Gasteiger partial charge on any atom is 0.244 e. The van der Waals surface area contributed by atoms with Crippen LogP contribution in [0.25, 0.3) is 0 Å². The number of hydrogen-bond acceptors (Lipinski definition) is 7. The fourth-order valence-electron chi connectivity index (χ4n) is 3.16. The molecule has 1 atom stereocenters. The molecule has 0 bridgehead atoms. The van der Waals surface area contributed by atoms with E-state index in [-0.39, 0.29) is 28.7 Å². The van der Waals surface area contributed by atoms with Crippen LogP contribution in [0.4, 0.5) is 0 Å². The normalized spacial score (nSPS) is 15.8. The zero-order valence-corrected chi connectivity index (χ0v) is 14.8. The van der Waals surface area contributed by atoms with Gasteiger partial charge in [-0.15, -0.1) is 5.10 Å². The SMILES string of the molecule is CCCc1[nH]nc2c1[C@@H](c1cc(OC)c(O)c(OC)c1)C(C#N)=C(N)O2. The van der Waals surface area contributed by atoms with Crippen LogP contribution in [-0.4, -0.2) is 29.5 Å². The van der Waals surface area contributed by atoms with Crippen LogP contribution in [0.15, 0.2) is 23.6 Å². The van der Waals surface area contributed by atoms with Crippen molar-refractivity contribution < 1.29 is 19.3 Å². The van der Waals surface area contributed by atoms with E-state index in [0.29, 0.717) is 11.4 Å². The van der Waals surface area contributed by atoms with E-state index in [4.69, 9.17) is 19.9 Å². The van der Waals surface area contributed by atoms with E-state index in [1.54, 1.807) is 12.1 Å². The summed E-state index contributed by atoms with van der Waals surface area (Å²) in [6.45, 7) is 2.05. The molecular formula is C18H20N4O4. The van der Waals surface area contributed by atoms with Gasteiger partial charge in [0.25, 0.3) is 0 Å². The van der Waals surface area contributed by atoms with Crippen LogP contribution in [-0.2, 0) is 6.42 Å². The highest BCUT2D eigenvalue weighted by Crippen LogP contribution is 2.47. The first-order chi connectivity index (χ1) is 12.5. The molecule has 0 aliphatic carbocycles. The van der Waals surface area contributed by atoms with Crippen LogP contribution in [0, 0.1) is 11.3 Å². The lowest BCUT2D eigenvalue weighted by Gasteiger charge is -2.25. The van der Waals surface area contributed by atoms with Gasteiger partial charge in [0, 0.05) is 11.3 Å². The number of nitrogens with one attached hydrogen (secondary N) is 1. The molecule has 0 saturated carbocycles. The van der Waals surface area contributed by atoms with Crippen molar-refractivity contribution >= 4 is 0 Å². The van der Waals surface area contributed by atoms with Crippen molar-refractivity contribution in [3.63, 3.8) is 0 Å². The molecule has 0 radical (unpaired) electrons. The highest BCUT2D eigenvalue weighted by atomic mass is 16.5. The van der Waals surface area contributed by atoms with E-state index in [1.165, 1.54) is 14.2 Å². The number of ether oxygens (including phenoxy) is 3. The summed E-state index contributed by atoms with van der Waals surface area (Å²) < 4.78 is 16.0. The second kappa shape index (κ2) is 6.88. The van der Waals surface area contributed by atoms with Crippen molar-refractivity contribution in [3.05, 3.63) is 40.4 Å². The van der Waals surface area contributed by atoms with E-state index in [1.807, 2.05) is 6.92 Å². The van der Waals surface area contributed by atoms with Crippen LogP contribution in [0.1, 0.15) is 36.1 Å². The number of nitriles is 1. The minimum absolute atomic E-state index is 0.00515. The molecule has 1 aromatic carbocycles. The van der Waals surface area contributed by atoms with E-state index in [0.717, 1.165) is 24.1 Å². The number of phenolic OH excluding ortho intramolecular Hbond substituents is 1. The van der Waals surface area contributed by atoms with Gasteiger partial charge in [-0.3, -0.25) is 5.10 Å². The first kappa shape index (κ1) is 17.5. The Hall–Kier alpha value is -3.34. The molecule has 3 rings (SSSR count). The lowest BCUT2D eigenvalue weighted by atomic mass is 9.83. The molecule has 1 aliphatic rings. The zero-order valence-electron chi connectivity index (χ0n) is 14.8. The number of phenols is 1. The molecule has 0 unspecified atom stereocenters. The van der Waals surface area contributed by atoms with Gasteiger partial charge < -0.3 is 25.1 Å². The number of benzene rings is 1. The molecule has 0 fully saturated rings. The number of H-pyrrole nitrogens is 1. The van der Waals surface area contributed by atoms with Crippen molar-refractivity contribution in [2.75, 3.05) is 14.2 Å². The Bertz CT molecular complexity index is 885. The zero-order chi connectivity index (χ0) is 18.8. The van der Waals surface area contributed by atoms with Gasteiger partial charge in [-0.25, -0.2) is 0 Å². The Morgan fingerprint density at radius 3 is 2.54 bits per heavy atom. The molecular weight excluding hydrogens is 336 g/mol. The van der Waals surface area contributed by atoms with Gasteiger partial charge in [0.05, 0.1) is 20.1 Å². The highest BCUT2D eigenvalue weighted by Gasteiger charge is 2.35. The Labute approximate surface area is 150 Å². The molecule has 4 N–H and O–H groups in total. The number of nitrogens with zero attached hydrogens (tertiary/aromatic N) is 2. The Kier molecular flexibility index (Phi) is 4.63. The van der Waals surface area contributed by atoms with Gasteiger partial charge in [-0.1, -0.05) is 13.3 Å². The number of fused-ring (bicyclic) bond motifs is 1. The third-order valence-electron chi connectivity index (χ3n) is 4.35. The lowest BCUT2D eigenvalue weighted by Crippen LogP contribution is -2.21. The highest BCUT2D eigenvalue weighted by molar-refractivity contribution is 5.60. The summed E-state index contributed by atoms with van der Waals surface area (Å²) >= 11 is 0. The van der Waals surface area contributed by atoms with Crippen LogP contribution in [0.2, 0.25) is 0 Å². The number of rotatable bonds is 5. The second-order valence-corrected chi connectivity index (χ2v) is 5.87. The monoisotopic (exact) mass is 356 g/mol.